The van der Waals surface area contributed by atoms with E-state index in [2.05, 4.69) is 23.8 Å². The lowest BCUT2D eigenvalue weighted by Gasteiger charge is -2.14. The normalized spacial score (nSPS) is 12.9. The summed E-state index contributed by atoms with van der Waals surface area (Å²) in [6, 6.07) is 0. The second kappa shape index (κ2) is 5.07. The Hall–Kier alpha value is -1.16. The summed E-state index contributed by atoms with van der Waals surface area (Å²) in [5.74, 6) is 2.07. The number of hydrogen-bond donors (Lipinski definition) is 1. The molecular formula is C11H19N3O. The number of methoxy groups -OCH3 is 1. The van der Waals surface area contributed by atoms with E-state index < -0.39 is 0 Å². The van der Waals surface area contributed by atoms with E-state index in [1.807, 2.05) is 6.92 Å². The molecule has 1 aromatic rings. The van der Waals surface area contributed by atoms with Crippen molar-refractivity contribution >= 4 is 0 Å². The van der Waals surface area contributed by atoms with E-state index in [9.17, 15) is 0 Å². The zero-order chi connectivity index (χ0) is 11.4. The van der Waals surface area contributed by atoms with Gasteiger partial charge in [-0.25, -0.2) is 9.97 Å². The van der Waals surface area contributed by atoms with E-state index >= 15 is 0 Å². The maximum Gasteiger partial charge on any atom is 0.158 e. The molecule has 1 atom stereocenters. The predicted octanol–water partition coefficient (Wildman–Crippen LogP) is 1.67. The maximum absolute atomic E-state index is 5.64. The summed E-state index contributed by atoms with van der Waals surface area (Å²) in [5, 5.41) is 0. The molecule has 0 saturated heterocycles. The molecule has 0 aliphatic heterocycles. The fourth-order valence-electron chi connectivity index (χ4n) is 1.30. The molecule has 0 aliphatic carbocycles. The van der Waals surface area contributed by atoms with Crippen LogP contribution in [0.4, 0.5) is 0 Å². The minimum absolute atomic E-state index is 0.195. The van der Waals surface area contributed by atoms with Crippen LogP contribution in [0.2, 0.25) is 0 Å². The molecule has 0 bridgehead atoms. The summed E-state index contributed by atoms with van der Waals surface area (Å²) in [4.78, 5) is 8.75. The Morgan fingerprint density at radius 2 is 2.07 bits per heavy atom. The first kappa shape index (κ1) is 11.9. The molecule has 2 N–H and O–H groups in total. The average Bonchev–Trinajstić information content (AvgIpc) is 2.27. The van der Waals surface area contributed by atoms with Gasteiger partial charge in [0.15, 0.2) is 5.75 Å². The Balaban J connectivity index is 3.13. The van der Waals surface area contributed by atoms with E-state index in [1.54, 1.807) is 13.3 Å². The Labute approximate surface area is 90.9 Å². The van der Waals surface area contributed by atoms with Gasteiger partial charge in [0.05, 0.1) is 19.0 Å². The number of hydrogen-bond acceptors (Lipinski definition) is 4. The lowest BCUT2D eigenvalue weighted by molar-refractivity contribution is 0.399. The molecule has 1 aromatic heterocycles. The lowest BCUT2D eigenvalue weighted by atomic mass is 10.1. The molecule has 1 heterocycles. The molecule has 0 spiro atoms. The van der Waals surface area contributed by atoms with Crippen LogP contribution in [-0.2, 0) is 0 Å². The average molecular weight is 209 g/mol. The summed E-state index contributed by atoms with van der Waals surface area (Å²) in [7, 11) is 1.63. The van der Waals surface area contributed by atoms with Crippen molar-refractivity contribution in [2.75, 3.05) is 13.7 Å². The highest BCUT2D eigenvalue weighted by Crippen LogP contribution is 2.24. The lowest BCUT2D eigenvalue weighted by Crippen LogP contribution is -2.13. The first-order chi connectivity index (χ1) is 7.10. The summed E-state index contributed by atoms with van der Waals surface area (Å²) in [5.41, 5.74) is 6.54. The van der Waals surface area contributed by atoms with Gasteiger partial charge in [-0.1, -0.05) is 20.8 Å². The fraction of sp³-hybridized carbons (Fsp3) is 0.636. The van der Waals surface area contributed by atoms with Gasteiger partial charge in [0.2, 0.25) is 0 Å². The van der Waals surface area contributed by atoms with Crippen molar-refractivity contribution in [3.05, 3.63) is 17.7 Å². The second-order valence-corrected chi connectivity index (χ2v) is 3.97. The van der Waals surface area contributed by atoms with Gasteiger partial charge in [-0.2, -0.15) is 0 Å². The molecule has 0 saturated carbocycles. The van der Waals surface area contributed by atoms with Gasteiger partial charge in [-0.3, -0.25) is 0 Å². The van der Waals surface area contributed by atoms with Crippen LogP contribution in [0.1, 0.15) is 44.1 Å². The molecule has 1 unspecified atom stereocenters. The zero-order valence-corrected chi connectivity index (χ0v) is 9.82. The van der Waals surface area contributed by atoms with Gasteiger partial charge in [0.25, 0.3) is 0 Å². The van der Waals surface area contributed by atoms with Crippen LogP contribution in [0.25, 0.3) is 0 Å². The van der Waals surface area contributed by atoms with Crippen LogP contribution in [0.15, 0.2) is 6.20 Å². The van der Waals surface area contributed by atoms with E-state index in [-0.39, 0.29) is 5.92 Å². The number of nitrogens with two attached hydrogens (primary N) is 1. The third kappa shape index (κ3) is 2.65. The van der Waals surface area contributed by atoms with Gasteiger partial charge in [0.1, 0.15) is 5.82 Å². The first-order valence-electron chi connectivity index (χ1n) is 5.21. The van der Waals surface area contributed by atoms with Gasteiger partial charge >= 0.3 is 0 Å². The SMILES string of the molecule is COc1cnc(C(C)C)nc1C(C)CN. The van der Waals surface area contributed by atoms with Crippen molar-refractivity contribution < 1.29 is 4.74 Å². The van der Waals surface area contributed by atoms with Gasteiger partial charge in [-0.05, 0) is 0 Å². The van der Waals surface area contributed by atoms with Crippen LogP contribution in [0.5, 0.6) is 5.75 Å². The smallest absolute Gasteiger partial charge is 0.158 e. The van der Waals surface area contributed by atoms with Crippen LogP contribution in [0.3, 0.4) is 0 Å². The number of ether oxygens (including phenoxy) is 1. The molecule has 0 fully saturated rings. The third-order valence-corrected chi connectivity index (χ3v) is 2.36. The Morgan fingerprint density at radius 3 is 2.53 bits per heavy atom. The highest BCUT2D eigenvalue weighted by atomic mass is 16.5. The van der Waals surface area contributed by atoms with Crippen LogP contribution in [0, 0.1) is 0 Å². The minimum atomic E-state index is 0.195. The summed E-state index contributed by atoms with van der Waals surface area (Å²) < 4.78 is 5.22. The molecule has 4 nitrogen and oxygen atoms in total. The molecule has 0 aromatic carbocycles. The highest BCUT2D eigenvalue weighted by Gasteiger charge is 2.14. The van der Waals surface area contributed by atoms with Crippen molar-refractivity contribution in [3.63, 3.8) is 0 Å². The van der Waals surface area contributed by atoms with Crippen LogP contribution >= 0.6 is 0 Å². The van der Waals surface area contributed by atoms with Crippen molar-refractivity contribution in [2.24, 2.45) is 5.73 Å². The zero-order valence-electron chi connectivity index (χ0n) is 9.82. The van der Waals surface area contributed by atoms with Gasteiger partial charge in [0, 0.05) is 18.4 Å². The number of nitrogens with zero attached hydrogens (tertiary/aromatic N) is 2. The number of rotatable bonds is 4. The van der Waals surface area contributed by atoms with E-state index in [4.69, 9.17) is 10.5 Å². The van der Waals surface area contributed by atoms with Crippen molar-refractivity contribution in [1.29, 1.82) is 0 Å². The molecule has 1 rings (SSSR count). The monoisotopic (exact) mass is 209 g/mol. The maximum atomic E-state index is 5.64. The topological polar surface area (TPSA) is 61.0 Å². The minimum Gasteiger partial charge on any atom is -0.493 e. The van der Waals surface area contributed by atoms with Gasteiger partial charge < -0.3 is 10.5 Å². The summed E-state index contributed by atoms with van der Waals surface area (Å²) in [6.07, 6.45) is 1.73. The Morgan fingerprint density at radius 1 is 1.40 bits per heavy atom. The summed E-state index contributed by atoms with van der Waals surface area (Å²) >= 11 is 0. The number of aromatic nitrogens is 2. The molecule has 4 heteroatoms. The van der Waals surface area contributed by atoms with E-state index in [1.165, 1.54) is 0 Å². The molecule has 0 amide bonds. The van der Waals surface area contributed by atoms with Crippen molar-refractivity contribution in [1.82, 2.24) is 9.97 Å². The predicted molar refractivity (Wildman–Crippen MR) is 60.1 cm³/mol. The second-order valence-electron chi connectivity index (χ2n) is 3.97. The Kier molecular flexibility index (Phi) is 4.03. The molecule has 15 heavy (non-hydrogen) atoms. The molecule has 0 aliphatic rings. The largest absolute Gasteiger partial charge is 0.493 e. The Bertz CT molecular complexity index is 326. The van der Waals surface area contributed by atoms with Crippen molar-refractivity contribution in [3.8, 4) is 5.75 Å². The van der Waals surface area contributed by atoms with Crippen molar-refractivity contribution in [2.45, 2.75) is 32.6 Å². The molecule has 84 valence electrons. The van der Waals surface area contributed by atoms with Crippen LogP contribution in [-0.4, -0.2) is 23.6 Å². The van der Waals surface area contributed by atoms with E-state index in [0.717, 1.165) is 17.3 Å². The third-order valence-electron chi connectivity index (χ3n) is 2.36. The quantitative estimate of drug-likeness (QED) is 0.819. The van der Waals surface area contributed by atoms with E-state index in [0.29, 0.717) is 12.5 Å². The molecular weight excluding hydrogens is 190 g/mol. The van der Waals surface area contributed by atoms with Gasteiger partial charge in [-0.15, -0.1) is 0 Å². The standard InChI is InChI=1S/C11H19N3O/c1-7(2)11-13-6-9(15-4)10(14-11)8(3)5-12/h6-8H,5,12H2,1-4H3. The van der Waals surface area contributed by atoms with Crippen LogP contribution < -0.4 is 10.5 Å². The first-order valence-corrected chi connectivity index (χ1v) is 5.21. The molecule has 0 radical (unpaired) electrons. The summed E-state index contributed by atoms with van der Waals surface area (Å²) in [6.45, 7) is 6.73. The fourth-order valence-corrected chi connectivity index (χ4v) is 1.30. The highest BCUT2D eigenvalue weighted by molar-refractivity contribution is 5.28.